The van der Waals surface area contributed by atoms with Crippen LogP contribution in [0.5, 0.6) is 0 Å². The van der Waals surface area contributed by atoms with E-state index in [1.165, 1.54) is 0 Å². The van der Waals surface area contributed by atoms with Gasteiger partial charge in [-0.2, -0.15) is 0 Å². The number of hydrogen-bond acceptors (Lipinski definition) is 3. The van der Waals surface area contributed by atoms with Gasteiger partial charge in [0.1, 0.15) is 0 Å². The highest BCUT2D eigenvalue weighted by Crippen LogP contribution is 2.36. The number of ketones is 2. The van der Waals surface area contributed by atoms with E-state index in [-0.39, 0.29) is 11.6 Å². The summed E-state index contributed by atoms with van der Waals surface area (Å²) in [4.78, 5) is 27.5. The van der Waals surface area contributed by atoms with E-state index in [0.29, 0.717) is 17.0 Å². The summed E-state index contributed by atoms with van der Waals surface area (Å²) in [6.45, 7) is 1.02. The van der Waals surface area contributed by atoms with Gasteiger partial charge in [-0.3, -0.25) is 9.59 Å². The van der Waals surface area contributed by atoms with Crippen molar-refractivity contribution in [3.05, 3.63) is 46.5 Å². The zero-order chi connectivity index (χ0) is 15.0. The van der Waals surface area contributed by atoms with Gasteiger partial charge in [0.15, 0.2) is 11.6 Å². The van der Waals surface area contributed by atoms with E-state index >= 15 is 0 Å². The lowest BCUT2D eigenvalue weighted by Crippen LogP contribution is -2.21. The van der Waals surface area contributed by atoms with Crippen molar-refractivity contribution in [1.29, 1.82) is 0 Å². The molecule has 0 aromatic heterocycles. The summed E-state index contributed by atoms with van der Waals surface area (Å²) in [6.07, 6.45) is 3.48. The highest BCUT2D eigenvalue weighted by Gasteiger charge is 2.33. The lowest BCUT2D eigenvalue weighted by Gasteiger charge is -2.19. The van der Waals surface area contributed by atoms with Gasteiger partial charge in [0.05, 0.1) is 0 Å². The maximum Gasteiger partial charge on any atom is 0.190 e. The Hall–Kier alpha value is -1.74. The second-order valence-electron chi connectivity index (χ2n) is 6.37. The monoisotopic (exact) mass is 283 g/mol. The van der Waals surface area contributed by atoms with E-state index in [1.807, 2.05) is 12.1 Å². The van der Waals surface area contributed by atoms with Crippen molar-refractivity contribution in [1.82, 2.24) is 4.90 Å². The van der Waals surface area contributed by atoms with Crippen LogP contribution in [0.1, 0.15) is 46.4 Å². The Morgan fingerprint density at radius 2 is 1.43 bits per heavy atom. The van der Waals surface area contributed by atoms with E-state index in [2.05, 4.69) is 19.0 Å². The first-order valence-electron chi connectivity index (χ1n) is 7.63. The van der Waals surface area contributed by atoms with Crippen LogP contribution in [0.4, 0.5) is 0 Å². The molecular formula is C18H21NO2. The SMILES string of the molecule is CN(C)CC1CCC2=C(CC1)C(=O)c1ccccc1C2=O. The number of Topliss-reactive ketones (excluding diaryl/α,β-unsaturated/α-hetero) is 2. The molecule has 0 unspecified atom stereocenters. The number of allylic oxidation sites excluding steroid dienone is 2. The Balaban J connectivity index is 1.90. The normalized spacial score (nSPS) is 19.6. The van der Waals surface area contributed by atoms with Crippen molar-refractivity contribution in [2.24, 2.45) is 5.92 Å². The van der Waals surface area contributed by atoms with Crippen LogP contribution in [0, 0.1) is 5.92 Å². The lowest BCUT2D eigenvalue weighted by atomic mass is 9.82. The molecule has 0 fully saturated rings. The Morgan fingerprint density at radius 1 is 0.952 bits per heavy atom. The van der Waals surface area contributed by atoms with Crippen molar-refractivity contribution in [2.75, 3.05) is 20.6 Å². The van der Waals surface area contributed by atoms with Gasteiger partial charge in [0.2, 0.25) is 0 Å². The molecule has 0 N–H and O–H groups in total. The number of carbonyl (C=O) groups is 2. The van der Waals surface area contributed by atoms with Gasteiger partial charge in [-0.25, -0.2) is 0 Å². The molecule has 0 bridgehead atoms. The average Bonchev–Trinajstić information content (AvgIpc) is 2.67. The standard InChI is InChI=1S/C18H21NO2/c1-19(2)11-12-7-9-15-16(10-8-12)18(21)14-6-4-3-5-13(14)17(15)20/h3-6,12H,7-11H2,1-2H3. The van der Waals surface area contributed by atoms with Gasteiger partial charge >= 0.3 is 0 Å². The molecule has 1 aromatic rings. The molecule has 2 aliphatic carbocycles. The maximum absolute atomic E-state index is 12.7. The highest BCUT2D eigenvalue weighted by atomic mass is 16.1. The molecule has 0 saturated heterocycles. The molecule has 0 aliphatic heterocycles. The van der Waals surface area contributed by atoms with E-state index in [1.54, 1.807) is 12.1 Å². The van der Waals surface area contributed by atoms with E-state index in [0.717, 1.165) is 43.4 Å². The van der Waals surface area contributed by atoms with E-state index in [4.69, 9.17) is 0 Å². The van der Waals surface area contributed by atoms with Gasteiger partial charge in [0.25, 0.3) is 0 Å². The van der Waals surface area contributed by atoms with Crippen LogP contribution < -0.4 is 0 Å². The fourth-order valence-corrected chi connectivity index (χ4v) is 3.55. The Bertz CT molecular complexity index is 579. The fourth-order valence-electron chi connectivity index (χ4n) is 3.55. The molecule has 2 aliphatic rings. The molecule has 3 nitrogen and oxygen atoms in total. The van der Waals surface area contributed by atoms with Crippen molar-refractivity contribution < 1.29 is 9.59 Å². The summed E-state index contributed by atoms with van der Waals surface area (Å²) < 4.78 is 0. The molecule has 0 radical (unpaired) electrons. The van der Waals surface area contributed by atoms with Crippen molar-refractivity contribution in [2.45, 2.75) is 25.7 Å². The number of carbonyl (C=O) groups excluding carboxylic acids is 2. The first kappa shape index (κ1) is 14.2. The quantitative estimate of drug-likeness (QED) is 0.837. The van der Waals surface area contributed by atoms with E-state index < -0.39 is 0 Å². The second-order valence-corrected chi connectivity index (χ2v) is 6.37. The van der Waals surface area contributed by atoms with Gasteiger partial charge < -0.3 is 4.90 Å². The van der Waals surface area contributed by atoms with Crippen molar-refractivity contribution >= 4 is 11.6 Å². The third kappa shape index (κ3) is 2.58. The summed E-state index contributed by atoms with van der Waals surface area (Å²) in [5.74, 6) is 0.714. The van der Waals surface area contributed by atoms with Crippen LogP contribution in [0.3, 0.4) is 0 Å². The summed E-state index contributed by atoms with van der Waals surface area (Å²) in [5.41, 5.74) is 2.74. The van der Waals surface area contributed by atoms with Gasteiger partial charge in [-0.05, 0) is 45.7 Å². The van der Waals surface area contributed by atoms with Crippen LogP contribution in [0.25, 0.3) is 0 Å². The first-order valence-corrected chi connectivity index (χ1v) is 7.63. The Kier molecular flexibility index (Phi) is 3.77. The average molecular weight is 283 g/mol. The minimum Gasteiger partial charge on any atom is -0.309 e. The minimum absolute atomic E-state index is 0.0747. The summed E-state index contributed by atoms with van der Waals surface area (Å²) >= 11 is 0. The molecule has 21 heavy (non-hydrogen) atoms. The number of hydrogen-bond donors (Lipinski definition) is 0. The predicted molar refractivity (Wildman–Crippen MR) is 82.6 cm³/mol. The lowest BCUT2D eigenvalue weighted by molar-refractivity contribution is 0.0970. The number of rotatable bonds is 2. The molecule has 0 heterocycles. The zero-order valence-corrected chi connectivity index (χ0v) is 12.7. The van der Waals surface area contributed by atoms with Crippen LogP contribution in [-0.4, -0.2) is 37.1 Å². The topological polar surface area (TPSA) is 37.4 Å². The molecule has 3 rings (SSSR count). The Labute approximate surface area is 125 Å². The largest absolute Gasteiger partial charge is 0.309 e. The molecule has 110 valence electrons. The third-order valence-electron chi connectivity index (χ3n) is 4.56. The third-order valence-corrected chi connectivity index (χ3v) is 4.56. The minimum atomic E-state index is 0.0747. The maximum atomic E-state index is 12.7. The molecule has 0 spiro atoms. The number of nitrogens with zero attached hydrogens (tertiary/aromatic N) is 1. The summed E-state index contributed by atoms with van der Waals surface area (Å²) in [6, 6.07) is 7.23. The van der Waals surface area contributed by atoms with Crippen LogP contribution in [0.15, 0.2) is 35.4 Å². The molecular weight excluding hydrogens is 262 g/mol. The predicted octanol–water partition coefficient (Wildman–Crippen LogP) is 3.11. The van der Waals surface area contributed by atoms with Crippen LogP contribution in [0.2, 0.25) is 0 Å². The van der Waals surface area contributed by atoms with Crippen LogP contribution >= 0.6 is 0 Å². The first-order chi connectivity index (χ1) is 10.1. The zero-order valence-electron chi connectivity index (χ0n) is 12.7. The smallest absolute Gasteiger partial charge is 0.190 e. The van der Waals surface area contributed by atoms with Crippen LogP contribution in [-0.2, 0) is 0 Å². The van der Waals surface area contributed by atoms with E-state index in [9.17, 15) is 9.59 Å². The fraction of sp³-hybridized carbons (Fsp3) is 0.444. The molecule has 0 amide bonds. The number of benzene rings is 1. The Morgan fingerprint density at radius 3 is 1.86 bits per heavy atom. The van der Waals surface area contributed by atoms with Gasteiger partial charge in [-0.1, -0.05) is 24.3 Å². The van der Waals surface area contributed by atoms with Crippen molar-refractivity contribution in [3.8, 4) is 0 Å². The van der Waals surface area contributed by atoms with Gasteiger partial charge in [-0.15, -0.1) is 0 Å². The molecule has 1 aromatic carbocycles. The summed E-state index contributed by atoms with van der Waals surface area (Å²) in [5, 5.41) is 0. The highest BCUT2D eigenvalue weighted by molar-refractivity contribution is 6.26. The molecule has 0 atom stereocenters. The van der Waals surface area contributed by atoms with Gasteiger partial charge in [0, 0.05) is 28.8 Å². The second kappa shape index (κ2) is 5.57. The number of fused-ring (bicyclic) bond motifs is 1. The van der Waals surface area contributed by atoms with Crippen molar-refractivity contribution in [3.63, 3.8) is 0 Å². The molecule has 0 saturated carbocycles. The summed E-state index contributed by atoms with van der Waals surface area (Å²) in [7, 11) is 4.15. The molecule has 3 heteroatoms.